The molecular formula is C31H34N2O9S. The lowest BCUT2D eigenvalue weighted by Gasteiger charge is -2.31. The molecule has 11 nitrogen and oxygen atoms in total. The topological polar surface area (TPSA) is 135 Å². The zero-order valence-corrected chi connectivity index (χ0v) is 24.7. The molecule has 1 unspecified atom stereocenters. The molecule has 2 heterocycles. The van der Waals surface area contributed by atoms with Gasteiger partial charge >= 0.3 is 11.9 Å². The van der Waals surface area contributed by atoms with Crippen LogP contribution in [0.5, 0.6) is 23.0 Å². The van der Waals surface area contributed by atoms with Crippen LogP contribution in [0.2, 0.25) is 0 Å². The van der Waals surface area contributed by atoms with Crippen molar-refractivity contribution in [1.29, 1.82) is 0 Å². The number of unbranched alkanes of at least 4 members (excludes halogenated alkanes) is 1. The highest BCUT2D eigenvalue weighted by Crippen LogP contribution is 2.46. The van der Waals surface area contributed by atoms with Crippen LogP contribution in [0.3, 0.4) is 0 Å². The molecule has 0 bridgehead atoms. The van der Waals surface area contributed by atoms with Gasteiger partial charge in [0, 0.05) is 24.6 Å². The quantitative estimate of drug-likeness (QED) is 0.234. The molecule has 0 saturated carbocycles. The Morgan fingerprint density at radius 2 is 1.58 bits per heavy atom. The van der Waals surface area contributed by atoms with E-state index in [1.807, 2.05) is 67.7 Å². The third kappa shape index (κ3) is 8.79. The number of hydrogen-bond donors (Lipinski definition) is 2. The summed E-state index contributed by atoms with van der Waals surface area (Å²) in [6.07, 6.45) is 2.01. The fourth-order valence-corrected chi connectivity index (χ4v) is 5.62. The van der Waals surface area contributed by atoms with Crippen LogP contribution in [0.4, 0.5) is 5.69 Å². The maximum absolute atomic E-state index is 12.9. The summed E-state index contributed by atoms with van der Waals surface area (Å²) in [5.74, 6) is -0.426. The van der Waals surface area contributed by atoms with E-state index >= 15 is 0 Å². The molecule has 0 saturated heterocycles. The van der Waals surface area contributed by atoms with Crippen molar-refractivity contribution in [2.45, 2.75) is 23.0 Å². The molecule has 228 valence electrons. The number of nitrogens with zero attached hydrogens (tertiary/aromatic N) is 2. The highest BCUT2D eigenvalue weighted by atomic mass is 32.2. The van der Waals surface area contributed by atoms with E-state index < -0.39 is 11.9 Å². The minimum Gasteiger partial charge on any atom is -0.494 e. The van der Waals surface area contributed by atoms with Crippen LogP contribution in [0.25, 0.3) is 0 Å². The van der Waals surface area contributed by atoms with Crippen LogP contribution in [-0.2, 0) is 14.4 Å². The summed E-state index contributed by atoms with van der Waals surface area (Å²) >= 11 is 1.61. The first kappa shape index (κ1) is 31.5. The second kappa shape index (κ2) is 15.2. The van der Waals surface area contributed by atoms with Gasteiger partial charge in [0.1, 0.15) is 23.4 Å². The first-order chi connectivity index (χ1) is 20.7. The SMILES string of the molecule is CN(CCCCOc1ccc(C2Sc3ccccc3N(C)C2=O)cc1)CCOc1ccc2c(c1)OCO2.O=C(O)C(=O)O. The molecule has 0 aliphatic carbocycles. The number of likely N-dealkylation sites (N-methyl/N-ethyl adjacent to an activating group) is 2. The Labute approximate surface area is 253 Å². The number of anilines is 1. The van der Waals surface area contributed by atoms with Crippen molar-refractivity contribution >= 4 is 35.3 Å². The predicted octanol–water partition coefficient (Wildman–Crippen LogP) is 4.55. The molecule has 2 aliphatic rings. The van der Waals surface area contributed by atoms with Gasteiger partial charge in [-0.15, -0.1) is 11.8 Å². The molecule has 12 heteroatoms. The number of thioether (sulfide) groups is 1. The molecule has 3 aromatic carbocycles. The van der Waals surface area contributed by atoms with Gasteiger partial charge < -0.3 is 39.0 Å². The van der Waals surface area contributed by atoms with E-state index in [4.69, 9.17) is 38.7 Å². The van der Waals surface area contributed by atoms with Gasteiger partial charge in [0.25, 0.3) is 0 Å². The number of benzene rings is 3. The molecular weight excluding hydrogens is 576 g/mol. The summed E-state index contributed by atoms with van der Waals surface area (Å²) in [5, 5.41) is 14.5. The monoisotopic (exact) mass is 610 g/mol. The number of carbonyl (C=O) groups is 3. The first-order valence-electron chi connectivity index (χ1n) is 13.7. The molecule has 0 spiro atoms. The van der Waals surface area contributed by atoms with Crippen molar-refractivity contribution in [1.82, 2.24) is 4.90 Å². The lowest BCUT2D eigenvalue weighted by molar-refractivity contribution is -0.159. The van der Waals surface area contributed by atoms with Crippen molar-refractivity contribution in [2.24, 2.45) is 0 Å². The fraction of sp³-hybridized carbons (Fsp3) is 0.323. The van der Waals surface area contributed by atoms with Gasteiger partial charge in [0.05, 0.1) is 12.3 Å². The molecule has 2 aliphatic heterocycles. The Morgan fingerprint density at radius 1 is 0.907 bits per heavy atom. The third-order valence-electron chi connectivity index (χ3n) is 6.68. The molecule has 1 amide bonds. The van der Waals surface area contributed by atoms with Gasteiger partial charge in [-0.1, -0.05) is 24.3 Å². The molecule has 5 rings (SSSR count). The maximum Gasteiger partial charge on any atom is 0.414 e. The number of rotatable bonds is 11. The number of aliphatic carboxylic acids is 2. The number of amides is 1. The van der Waals surface area contributed by atoms with Crippen molar-refractivity contribution in [3.8, 4) is 23.0 Å². The molecule has 0 aromatic heterocycles. The van der Waals surface area contributed by atoms with Gasteiger partial charge in [-0.2, -0.15) is 0 Å². The Kier molecular flexibility index (Phi) is 11.1. The molecule has 0 radical (unpaired) electrons. The summed E-state index contributed by atoms with van der Waals surface area (Å²) < 4.78 is 22.5. The number of fused-ring (bicyclic) bond motifs is 2. The summed E-state index contributed by atoms with van der Waals surface area (Å²) in [7, 11) is 3.94. The summed E-state index contributed by atoms with van der Waals surface area (Å²) in [5.41, 5.74) is 1.96. The Hall–Kier alpha value is -4.42. The summed E-state index contributed by atoms with van der Waals surface area (Å²) in [4.78, 5) is 36.2. The average Bonchev–Trinajstić information content (AvgIpc) is 3.48. The van der Waals surface area contributed by atoms with E-state index in [9.17, 15) is 4.79 Å². The number of hydrogen-bond acceptors (Lipinski definition) is 9. The molecule has 0 fully saturated rings. The molecule has 43 heavy (non-hydrogen) atoms. The molecule has 1 atom stereocenters. The standard InChI is InChI=1S/C29H32N2O5S.C2H2O4/c1-30(16-18-34-23-13-14-25-26(19-23)36-20-35-25)15-5-6-17-33-22-11-9-21(10-12-22)28-29(32)31(2)24-7-3-4-8-27(24)37-28;3-1(4)2(5)6/h3-4,7-14,19,28H,5-6,15-18,20H2,1-2H3;(H,3,4)(H,5,6). The lowest BCUT2D eigenvalue weighted by Crippen LogP contribution is -2.33. The highest BCUT2D eigenvalue weighted by molar-refractivity contribution is 8.00. The first-order valence-corrected chi connectivity index (χ1v) is 14.5. The van der Waals surface area contributed by atoms with Gasteiger partial charge in [0.15, 0.2) is 11.5 Å². The minimum absolute atomic E-state index is 0.0998. The summed E-state index contributed by atoms with van der Waals surface area (Å²) in [6.45, 7) is 3.36. The second-order valence-corrected chi connectivity index (χ2v) is 10.9. The van der Waals surface area contributed by atoms with Crippen LogP contribution in [0.1, 0.15) is 23.7 Å². The van der Waals surface area contributed by atoms with Crippen molar-refractivity contribution < 1.29 is 43.5 Å². The summed E-state index contributed by atoms with van der Waals surface area (Å²) in [6, 6.07) is 21.6. The number of carbonyl (C=O) groups excluding carboxylic acids is 1. The molecule has 3 aromatic rings. The van der Waals surface area contributed by atoms with Gasteiger partial charge in [-0.25, -0.2) is 9.59 Å². The largest absolute Gasteiger partial charge is 0.494 e. The van der Waals surface area contributed by atoms with E-state index in [1.54, 1.807) is 16.7 Å². The van der Waals surface area contributed by atoms with Crippen molar-refractivity contribution in [3.05, 3.63) is 72.3 Å². The van der Waals surface area contributed by atoms with Gasteiger partial charge in [-0.3, -0.25) is 4.79 Å². The van der Waals surface area contributed by atoms with Crippen LogP contribution in [0.15, 0.2) is 71.6 Å². The average molecular weight is 611 g/mol. The van der Waals surface area contributed by atoms with Crippen LogP contribution >= 0.6 is 11.8 Å². The Morgan fingerprint density at radius 3 is 2.33 bits per heavy atom. The number of para-hydroxylation sites is 1. The molecule has 2 N–H and O–H groups in total. The van der Waals surface area contributed by atoms with Gasteiger partial charge in [0.2, 0.25) is 12.7 Å². The van der Waals surface area contributed by atoms with E-state index in [-0.39, 0.29) is 18.0 Å². The van der Waals surface area contributed by atoms with Gasteiger partial charge in [-0.05, 0) is 68.4 Å². The Balaban J connectivity index is 0.000000641. The lowest BCUT2D eigenvalue weighted by atomic mass is 10.1. The van der Waals surface area contributed by atoms with Crippen LogP contribution in [-0.4, -0.2) is 80.2 Å². The number of carboxylic acid groups (broad SMARTS) is 2. The third-order valence-corrected chi connectivity index (χ3v) is 7.99. The second-order valence-electron chi connectivity index (χ2n) is 9.76. The normalized spacial score (nSPS) is 14.9. The van der Waals surface area contributed by atoms with Crippen LogP contribution < -0.4 is 23.8 Å². The van der Waals surface area contributed by atoms with Crippen LogP contribution in [0, 0.1) is 0 Å². The van der Waals surface area contributed by atoms with E-state index in [0.717, 1.165) is 65.1 Å². The van der Waals surface area contributed by atoms with Crippen molar-refractivity contribution in [3.63, 3.8) is 0 Å². The Bertz CT molecular complexity index is 1400. The number of ether oxygens (including phenoxy) is 4. The predicted molar refractivity (Wildman–Crippen MR) is 160 cm³/mol. The van der Waals surface area contributed by atoms with E-state index in [0.29, 0.717) is 13.2 Å². The number of carboxylic acids is 2. The smallest absolute Gasteiger partial charge is 0.414 e. The zero-order valence-electron chi connectivity index (χ0n) is 23.9. The van der Waals surface area contributed by atoms with E-state index in [1.165, 1.54) is 0 Å². The highest BCUT2D eigenvalue weighted by Gasteiger charge is 2.32. The minimum atomic E-state index is -1.82. The van der Waals surface area contributed by atoms with Crippen molar-refractivity contribution in [2.75, 3.05) is 52.1 Å². The fourth-order valence-electron chi connectivity index (χ4n) is 4.33. The van der Waals surface area contributed by atoms with E-state index in [2.05, 4.69) is 18.0 Å². The maximum atomic E-state index is 12.9. The zero-order chi connectivity index (χ0) is 30.8.